The van der Waals surface area contributed by atoms with Crippen LogP contribution < -0.4 is 5.11 Å². The third kappa shape index (κ3) is 10.3. The molecule has 2 aliphatic heterocycles. The molecule has 0 aliphatic carbocycles. The number of aliphatic carboxylic acids is 2. The van der Waals surface area contributed by atoms with Crippen molar-refractivity contribution in [3.05, 3.63) is 12.0 Å². The van der Waals surface area contributed by atoms with Gasteiger partial charge in [-0.25, -0.2) is 0 Å². The Hall–Kier alpha value is -1.23. The van der Waals surface area contributed by atoms with Crippen LogP contribution in [0.4, 0.5) is 13.2 Å². The average molecular weight is 607 g/mol. The predicted molar refractivity (Wildman–Crippen MR) is 99.7 cm³/mol. The van der Waals surface area contributed by atoms with E-state index < -0.39 is 47.6 Å². The summed E-state index contributed by atoms with van der Waals surface area (Å²) in [4.78, 5) is 39.3. The second-order valence-electron chi connectivity index (χ2n) is 7.92. The Morgan fingerprint density at radius 3 is 2.06 bits per heavy atom. The summed E-state index contributed by atoms with van der Waals surface area (Å²) in [6.45, 7) is -0.351. The van der Waals surface area contributed by atoms with Crippen molar-refractivity contribution in [3.8, 4) is 0 Å². The molecule has 0 aromatic heterocycles. The number of quaternary nitrogens is 1. The summed E-state index contributed by atoms with van der Waals surface area (Å²) in [6, 6.07) is 0. The number of ether oxygens (including phenoxy) is 1. The van der Waals surface area contributed by atoms with Gasteiger partial charge >= 0.3 is 59.7 Å². The van der Waals surface area contributed by atoms with Gasteiger partial charge in [0.15, 0.2) is 0 Å². The summed E-state index contributed by atoms with van der Waals surface area (Å²) < 4.78 is 43.5. The van der Waals surface area contributed by atoms with E-state index in [2.05, 4.69) is 0 Å². The molecule has 2 N–H and O–H groups in total. The number of carbonyl (C=O) groups excluding carboxylic acids is 1. The van der Waals surface area contributed by atoms with Gasteiger partial charge < -0.3 is 20.1 Å². The molecular formula is C18H27F3LaN4O7+3. The Kier molecular flexibility index (Phi) is 11.8. The molecular weight excluding hydrogens is 580 g/mol. The topological polar surface area (TPSA) is 134 Å². The van der Waals surface area contributed by atoms with E-state index in [1.807, 2.05) is 0 Å². The van der Waals surface area contributed by atoms with Crippen LogP contribution in [0.3, 0.4) is 0 Å². The van der Waals surface area contributed by atoms with Crippen LogP contribution >= 0.6 is 0 Å². The number of carbonyl (C=O) groups is 3. The van der Waals surface area contributed by atoms with Gasteiger partial charge in [-0.05, 0) is 0 Å². The summed E-state index contributed by atoms with van der Waals surface area (Å²) in [7, 11) is 0. The summed E-state index contributed by atoms with van der Waals surface area (Å²) in [5.41, 5.74) is 0. The minimum Gasteiger partial charge on any atom is -0.866 e. The molecule has 2 unspecified atom stereocenters. The standard InChI is InChI=1S/C18H27F3N4O7.La/c19-18(20,21)14(26)12-25-7-5-23(10-16(29)30)3-1-22(9-15(27)28)2-4-24(6-8-25)11-17(31)32-13-25;/h12H,1-11,13H2,(H2-,26,27,28,29,30);/q;+3/b14-12-;. The molecule has 2 fully saturated rings. The van der Waals surface area contributed by atoms with E-state index in [4.69, 9.17) is 9.84 Å². The van der Waals surface area contributed by atoms with Crippen LogP contribution in [0.15, 0.2) is 12.0 Å². The van der Waals surface area contributed by atoms with Crippen LogP contribution in [0.5, 0.6) is 0 Å². The predicted octanol–water partition coefficient (Wildman–Crippen LogP) is -1.83. The van der Waals surface area contributed by atoms with E-state index in [1.165, 1.54) is 4.90 Å². The molecule has 2 bridgehead atoms. The first-order chi connectivity index (χ1) is 14.9. The number of hydrogen-bond donors (Lipinski definition) is 2. The number of alkyl halides is 3. The van der Waals surface area contributed by atoms with Crippen molar-refractivity contribution in [1.82, 2.24) is 14.7 Å². The molecule has 0 radical (unpaired) electrons. The number of rotatable bonds is 5. The van der Waals surface area contributed by atoms with Crippen molar-refractivity contribution in [3.63, 3.8) is 0 Å². The first-order valence-corrected chi connectivity index (χ1v) is 9.98. The van der Waals surface area contributed by atoms with Crippen LogP contribution in [-0.4, -0.2) is 132 Å². The summed E-state index contributed by atoms with van der Waals surface area (Å²) in [5.74, 6) is -4.96. The maximum absolute atomic E-state index is 13.0. The van der Waals surface area contributed by atoms with E-state index in [0.29, 0.717) is 6.20 Å². The largest absolute Gasteiger partial charge is 3.00 e. The van der Waals surface area contributed by atoms with E-state index >= 15 is 0 Å². The van der Waals surface area contributed by atoms with Gasteiger partial charge in [-0.15, -0.1) is 0 Å². The van der Waals surface area contributed by atoms with Crippen LogP contribution in [0.2, 0.25) is 0 Å². The summed E-state index contributed by atoms with van der Waals surface area (Å²) in [6.07, 6.45) is -4.60. The Balaban J connectivity index is 0.00000544. The number of cyclic esters (lactones) is 1. The molecule has 2 saturated heterocycles. The van der Waals surface area contributed by atoms with E-state index in [9.17, 15) is 37.8 Å². The van der Waals surface area contributed by atoms with Crippen molar-refractivity contribution in [2.45, 2.75) is 6.18 Å². The third-order valence-corrected chi connectivity index (χ3v) is 5.41. The number of fused-ring (bicyclic) bond motifs is 3. The molecule has 0 amide bonds. The smallest absolute Gasteiger partial charge is 0.866 e. The zero-order valence-electron chi connectivity index (χ0n) is 18.0. The van der Waals surface area contributed by atoms with Gasteiger partial charge in [0.25, 0.3) is 0 Å². The fraction of sp³-hybridized carbons (Fsp3) is 0.722. The normalized spacial score (nSPS) is 26.7. The van der Waals surface area contributed by atoms with Crippen molar-refractivity contribution >= 4 is 17.9 Å². The Bertz CT molecular complexity index is 738. The fourth-order valence-corrected chi connectivity index (χ4v) is 3.60. The van der Waals surface area contributed by atoms with E-state index in [1.54, 1.807) is 9.80 Å². The van der Waals surface area contributed by atoms with Crippen LogP contribution in [-0.2, 0) is 19.1 Å². The Labute approximate surface area is 216 Å². The first-order valence-electron chi connectivity index (χ1n) is 9.98. The second-order valence-corrected chi connectivity index (χ2v) is 7.92. The molecule has 2 atom stereocenters. The number of allylic oxidation sites excluding steroid dienone is 1. The monoisotopic (exact) mass is 607 g/mol. The van der Waals surface area contributed by atoms with Gasteiger partial charge in [-0.2, -0.15) is 13.2 Å². The number of carboxylic acids is 2. The number of hydrogen-bond acceptors (Lipinski definition) is 8. The maximum Gasteiger partial charge on any atom is 3.00 e. The molecule has 0 aromatic rings. The van der Waals surface area contributed by atoms with Crippen molar-refractivity contribution in [2.24, 2.45) is 0 Å². The van der Waals surface area contributed by atoms with Crippen molar-refractivity contribution in [2.75, 3.05) is 78.7 Å². The SMILES string of the molecule is O=C(O)CN1CCN(CC(=O)O)CC[N+]2(/C=C(\[O-])C(F)(F)F)CCN(CC1)CC(=O)OC2.[La+3]. The Morgan fingerprint density at radius 2 is 1.52 bits per heavy atom. The first kappa shape index (κ1) is 29.8. The quantitative estimate of drug-likeness (QED) is 0.209. The van der Waals surface area contributed by atoms with Crippen molar-refractivity contribution in [1.29, 1.82) is 0 Å². The molecule has 15 heteroatoms. The number of carboxylic acid groups (broad SMARTS) is 2. The summed E-state index contributed by atoms with van der Waals surface area (Å²) in [5, 5.41) is 30.1. The second kappa shape index (κ2) is 13.0. The molecule has 2 aliphatic rings. The van der Waals surface area contributed by atoms with Crippen LogP contribution in [0, 0.1) is 35.6 Å². The van der Waals surface area contributed by atoms with Gasteiger partial charge in [-0.3, -0.25) is 33.6 Å². The molecule has 33 heavy (non-hydrogen) atoms. The maximum atomic E-state index is 13.0. The summed E-state index contributed by atoms with van der Waals surface area (Å²) >= 11 is 0. The van der Waals surface area contributed by atoms with Gasteiger partial charge in [0.05, 0.1) is 38.9 Å². The molecule has 182 valence electrons. The van der Waals surface area contributed by atoms with Gasteiger partial charge in [0.2, 0.25) is 6.73 Å². The molecule has 11 nitrogen and oxygen atoms in total. The minimum atomic E-state index is -5.10. The van der Waals surface area contributed by atoms with Crippen LogP contribution in [0.25, 0.3) is 0 Å². The number of nitrogens with zero attached hydrogens (tertiary/aromatic N) is 4. The van der Waals surface area contributed by atoms with Gasteiger partial charge in [0, 0.05) is 45.0 Å². The van der Waals surface area contributed by atoms with Crippen LogP contribution in [0.1, 0.15) is 0 Å². The average Bonchev–Trinajstić information content (AvgIpc) is 2.66. The fourth-order valence-electron chi connectivity index (χ4n) is 3.60. The number of esters is 1. The Morgan fingerprint density at radius 1 is 1.00 bits per heavy atom. The number of halogens is 3. The zero-order chi connectivity index (χ0) is 23.9. The van der Waals surface area contributed by atoms with Gasteiger partial charge in [0.1, 0.15) is 0 Å². The minimum absolute atomic E-state index is 0. The third-order valence-electron chi connectivity index (χ3n) is 5.41. The zero-order valence-corrected chi connectivity index (χ0v) is 21.6. The molecule has 2 rings (SSSR count). The molecule has 2 heterocycles. The van der Waals surface area contributed by atoms with E-state index in [-0.39, 0.29) is 101 Å². The van der Waals surface area contributed by atoms with E-state index in [0.717, 1.165) is 0 Å². The molecule has 0 spiro atoms. The van der Waals surface area contributed by atoms with Crippen molar-refractivity contribution < 1.29 is 87.7 Å². The molecule has 0 saturated carbocycles. The molecule has 0 aromatic carbocycles. The van der Waals surface area contributed by atoms with Gasteiger partial charge in [-0.1, -0.05) is 0 Å².